The second kappa shape index (κ2) is 4.10. The zero-order chi connectivity index (χ0) is 8.97. The molecule has 1 heterocycles. The van der Waals surface area contributed by atoms with E-state index in [-0.39, 0.29) is 0 Å². The summed E-state index contributed by atoms with van der Waals surface area (Å²) in [6, 6.07) is 1.80. The van der Waals surface area contributed by atoms with Crippen LogP contribution in [0.25, 0.3) is 5.57 Å². The van der Waals surface area contributed by atoms with Gasteiger partial charge in [-0.2, -0.15) is 0 Å². The van der Waals surface area contributed by atoms with Gasteiger partial charge in [-0.05, 0) is 17.6 Å². The van der Waals surface area contributed by atoms with Gasteiger partial charge in [0, 0.05) is 12.4 Å². The van der Waals surface area contributed by atoms with E-state index in [1.54, 1.807) is 18.5 Å². The van der Waals surface area contributed by atoms with Gasteiger partial charge in [-0.15, -0.1) is 0 Å². The monoisotopic (exact) mass is 157 g/mol. The minimum atomic E-state index is 0.767. The topological polar surface area (TPSA) is 12.9 Å². The molecule has 0 saturated heterocycles. The van der Waals surface area contributed by atoms with Gasteiger partial charge in [0.25, 0.3) is 0 Å². The Kier molecular flexibility index (Phi) is 3.09. The molecule has 2 heteroatoms. The van der Waals surface area contributed by atoms with E-state index < -0.39 is 0 Å². The molecule has 0 fully saturated rings. The van der Waals surface area contributed by atoms with Gasteiger partial charge in [0.1, 0.15) is 7.85 Å². The summed E-state index contributed by atoms with van der Waals surface area (Å²) in [7, 11) is 5.75. The van der Waals surface area contributed by atoms with Crippen LogP contribution in [-0.2, 0) is 0 Å². The van der Waals surface area contributed by atoms with Crippen LogP contribution in [-0.4, -0.2) is 12.8 Å². The summed E-state index contributed by atoms with van der Waals surface area (Å²) in [5, 5.41) is 0. The van der Waals surface area contributed by atoms with E-state index in [2.05, 4.69) is 18.5 Å². The summed E-state index contributed by atoms with van der Waals surface area (Å²) in [4.78, 5) is 4.01. The molecule has 0 aliphatic rings. The van der Waals surface area contributed by atoms with Crippen molar-refractivity contribution in [1.29, 1.82) is 0 Å². The third-order valence-electron chi connectivity index (χ3n) is 1.79. The lowest BCUT2D eigenvalue weighted by molar-refractivity contribution is 0.975. The van der Waals surface area contributed by atoms with Crippen molar-refractivity contribution in [3.63, 3.8) is 0 Å². The van der Waals surface area contributed by atoms with E-state index in [0.717, 1.165) is 29.4 Å². The van der Waals surface area contributed by atoms with Crippen LogP contribution in [0.5, 0.6) is 0 Å². The summed E-state index contributed by atoms with van der Waals surface area (Å²) in [5.41, 5.74) is 2.82. The maximum absolute atomic E-state index is 5.75. The molecule has 12 heavy (non-hydrogen) atoms. The van der Waals surface area contributed by atoms with Crippen LogP contribution >= 0.6 is 0 Å². The Bertz CT molecular complexity index is 281. The first-order chi connectivity index (χ1) is 5.75. The van der Waals surface area contributed by atoms with Gasteiger partial charge in [0.05, 0.1) is 0 Å². The second-order valence-electron chi connectivity index (χ2n) is 2.82. The summed E-state index contributed by atoms with van der Waals surface area (Å²) in [6.07, 6.45) is 5.54. The second-order valence-corrected chi connectivity index (χ2v) is 2.82. The maximum atomic E-state index is 5.75. The largest absolute Gasteiger partial charge is 0.264 e. The highest BCUT2D eigenvalue weighted by Crippen LogP contribution is 2.13. The van der Waals surface area contributed by atoms with Gasteiger partial charge in [0.2, 0.25) is 0 Å². The molecule has 0 saturated carbocycles. The molecule has 0 aliphatic heterocycles. The zero-order valence-corrected chi connectivity index (χ0v) is 7.38. The van der Waals surface area contributed by atoms with E-state index in [0.29, 0.717) is 0 Å². The fourth-order valence-electron chi connectivity index (χ4n) is 1.14. The molecule has 0 amide bonds. The molecule has 0 aromatic carbocycles. The molecule has 1 aromatic heterocycles. The highest BCUT2D eigenvalue weighted by Gasteiger charge is 1.99. The lowest BCUT2D eigenvalue weighted by Gasteiger charge is -2.06. The molecule has 0 N–H and O–H groups in total. The first kappa shape index (κ1) is 9.05. The van der Waals surface area contributed by atoms with E-state index in [4.69, 9.17) is 7.85 Å². The highest BCUT2D eigenvalue weighted by molar-refractivity contribution is 6.34. The third kappa shape index (κ3) is 1.97. The quantitative estimate of drug-likeness (QED) is 0.608. The van der Waals surface area contributed by atoms with Crippen LogP contribution in [0.1, 0.15) is 25.3 Å². The van der Waals surface area contributed by atoms with Gasteiger partial charge in [-0.1, -0.05) is 31.5 Å². The summed E-state index contributed by atoms with van der Waals surface area (Å²) < 4.78 is 0. The molecular weight excluding hydrogens is 145 g/mol. The minimum absolute atomic E-state index is 0.767. The number of hydrogen-bond donors (Lipinski definition) is 0. The van der Waals surface area contributed by atoms with Gasteiger partial charge in [-0.3, -0.25) is 4.98 Å². The fraction of sp³-hybridized carbons (Fsp3) is 0.300. The standard InChI is InChI=1S/C10H12BN/c1-3-4-8(2)9-7-12-6-5-10(9)11/h5-7H,2-4H2,1H3. The molecule has 0 spiro atoms. The minimum Gasteiger partial charge on any atom is -0.264 e. The van der Waals surface area contributed by atoms with Crippen molar-refractivity contribution in [2.45, 2.75) is 19.8 Å². The summed E-state index contributed by atoms with van der Waals surface area (Å²) >= 11 is 0. The van der Waals surface area contributed by atoms with E-state index in [1.807, 2.05) is 0 Å². The molecule has 60 valence electrons. The average Bonchev–Trinajstić information content (AvgIpc) is 2.05. The number of aromatic nitrogens is 1. The number of nitrogens with zero attached hydrogens (tertiary/aromatic N) is 1. The van der Waals surface area contributed by atoms with Crippen LogP contribution in [0.3, 0.4) is 0 Å². The Labute approximate surface area is 74.9 Å². The Balaban J connectivity index is 2.87. The first-order valence-corrected chi connectivity index (χ1v) is 4.13. The lowest BCUT2D eigenvalue weighted by atomic mass is 9.88. The Morgan fingerprint density at radius 1 is 1.67 bits per heavy atom. The van der Waals surface area contributed by atoms with Gasteiger partial charge in [-0.25, -0.2) is 0 Å². The molecule has 1 rings (SSSR count). The SMILES string of the molecule is [B]c1ccncc1C(=C)CCC. The predicted molar refractivity (Wildman–Crippen MR) is 53.6 cm³/mol. The van der Waals surface area contributed by atoms with Crippen molar-refractivity contribution in [2.24, 2.45) is 0 Å². The van der Waals surface area contributed by atoms with Crippen molar-refractivity contribution in [2.75, 3.05) is 0 Å². The van der Waals surface area contributed by atoms with Crippen molar-refractivity contribution in [3.8, 4) is 0 Å². The number of allylic oxidation sites excluding steroid dienone is 1. The van der Waals surface area contributed by atoms with Gasteiger partial charge >= 0.3 is 0 Å². The number of hydrogen-bond acceptors (Lipinski definition) is 1. The zero-order valence-electron chi connectivity index (χ0n) is 7.38. The van der Waals surface area contributed by atoms with E-state index in [1.165, 1.54) is 0 Å². The van der Waals surface area contributed by atoms with E-state index >= 15 is 0 Å². The van der Waals surface area contributed by atoms with Crippen molar-refractivity contribution in [1.82, 2.24) is 4.98 Å². The van der Waals surface area contributed by atoms with E-state index in [9.17, 15) is 0 Å². The number of pyridine rings is 1. The van der Waals surface area contributed by atoms with Crippen LogP contribution in [0.4, 0.5) is 0 Å². The number of rotatable bonds is 3. The molecule has 1 aromatic rings. The summed E-state index contributed by atoms with van der Waals surface area (Å²) in [6.45, 7) is 6.08. The fourth-order valence-corrected chi connectivity index (χ4v) is 1.14. The Hall–Kier alpha value is -1.05. The van der Waals surface area contributed by atoms with Crippen molar-refractivity contribution < 1.29 is 0 Å². The predicted octanol–water partition coefficient (Wildman–Crippen LogP) is 1.69. The van der Waals surface area contributed by atoms with Crippen molar-refractivity contribution >= 4 is 18.9 Å². The first-order valence-electron chi connectivity index (χ1n) is 4.13. The molecule has 0 unspecified atom stereocenters. The molecule has 1 nitrogen and oxygen atoms in total. The van der Waals surface area contributed by atoms with Gasteiger partial charge in [0.15, 0.2) is 0 Å². The molecule has 0 atom stereocenters. The highest BCUT2D eigenvalue weighted by atomic mass is 14.6. The van der Waals surface area contributed by atoms with Crippen LogP contribution in [0, 0.1) is 0 Å². The van der Waals surface area contributed by atoms with Crippen molar-refractivity contribution in [3.05, 3.63) is 30.6 Å². The Morgan fingerprint density at radius 2 is 2.42 bits per heavy atom. The lowest BCUT2D eigenvalue weighted by Crippen LogP contribution is -2.09. The van der Waals surface area contributed by atoms with Crippen LogP contribution in [0.2, 0.25) is 0 Å². The molecule has 0 aliphatic carbocycles. The normalized spacial score (nSPS) is 9.75. The molecular formula is C10H12BN. The molecule has 0 bridgehead atoms. The smallest absolute Gasteiger partial charge is 0.114 e. The average molecular weight is 157 g/mol. The van der Waals surface area contributed by atoms with Crippen LogP contribution in [0.15, 0.2) is 25.0 Å². The summed E-state index contributed by atoms with van der Waals surface area (Å²) in [5.74, 6) is 0. The third-order valence-corrected chi connectivity index (χ3v) is 1.79. The van der Waals surface area contributed by atoms with Crippen LogP contribution < -0.4 is 5.46 Å². The Morgan fingerprint density at radius 3 is 3.00 bits per heavy atom. The maximum Gasteiger partial charge on any atom is 0.114 e. The van der Waals surface area contributed by atoms with Gasteiger partial charge < -0.3 is 0 Å². The molecule has 2 radical (unpaired) electrons.